The van der Waals surface area contributed by atoms with E-state index in [0.717, 1.165) is 27.8 Å². The van der Waals surface area contributed by atoms with E-state index in [-0.39, 0.29) is 0 Å². The minimum atomic E-state index is 0.642. The van der Waals surface area contributed by atoms with Gasteiger partial charge in [0.1, 0.15) is 0 Å². The van der Waals surface area contributed by atoms with Crippen LogP contribution in [0.1, 0.15) is 0 Å². The van der Waals surface area contributed by atoms with Gasteiger partial charge in [0, 0.05) is 16.7 Å². The molecule has 0 aliphatic heterocycles. The van der Waals surface area contributed by atoms with Crippen LogP contribution in [0.4, 0.5) is 0 Å². The van der Waals surface area contributed by atoms with E-state index in [1.165, 1.54) is 75.8 Å². The molecule has 0 fully saturated rings. The zero-order valence-electron chi connectivity index (χ0n) is 31.4. The molecular formula is C55H33N3. The SMILES string of the molecule is c1ccc(-c2nc(-c3ccccc3)nc(-c3cccc(-c4cccc(-c5cc6cccc7c8cccc9ccc%10cccc(c%11cccc5c%11c67)c%10c98)c4)c3)n2)cc1. The molecule has 0 bridgehead atoms. The Hall–Kier alpha value is -7.75. The molecule has 3 nitrogen and oxygen atoms in total. The van der Waals surface area contributed by atoms with E-state index in [9.17, 15) is 0 Å². The quantitative estimate of drug-likeness (QED) is 0.165. The second-order valence-electron chi connectivity index (χ2n) is 15.1. The highest BCUT2D eigenvalue weighted by Gasteiger charge is 2.18. The average Bonchev–Trinajstić information content (AvgIpc) is 3.30. The van der Waals surface area contributed by atoms with Gasteiger partial charge in [-0.05, 0) is 105 Å². The number of benzene rings is 10. The van der Waals surface area contributed by atoms with Gasteiger partial charge in [0.05, 0.1) is 0 Å². The van der Waals surface area contributed by atoms with Gasteiger partial charge < -0.3 is 0 Å². The van der Waals surface area contributed by atoms with Gasteiger partial charge in [-0.2, -0.15) is 0 Å². The first-order chi connectivity index (χ1) is 28.7. The Morgan fingerprint density at radius 1 is 0.224 bits per heavy atom. The molecule has 1 heterocycles. The summed E-state index contributed by atoms with van der Waals surface area (Å²) in [6.45, 7) is 0. The Balaban J connectivity index is 1.05. The largest absolute Gasteiger partial charge is 0.208 e. The Morgan fingerprint density at radius 3 is 1.17 bits per heavy atom. The Bertz CT molecular complexity index is 3500. The zero-order valence-corrected chi connectivity index (χ0v) is 31.4. The third kappa shape index (κ3) is 5.11. The second kappa shape index (κ2) is 12.9. The molecule has 0 saturated carbocycles. The topological polar surface area (TPSA) is 38.7 Å². The van der Waals surface area contributed by atoms with E-state index in [4.69, 9.17) is 15.0 Å². The minimum Gasteiger partial charge on any atom is -0.208 e. The number of hydrogen-bond acceptors (Lipinski definition) is 3. The molecular weight excluding hydrogens is 703 g/mol. The summed E-state index contributed by atoms with van der Waals surface area (Å²) in [5.74, 6) is 1.94. The van der Waals surface area contributed by atoms with Crippen molar-refractivity contribution in [2.24, 2.45) is 0 Å². The molecule has 3 heteroatoms. The lowest BCUT2D eigenvalue weighted by atomic mass is 9.85. The average molecular weight is 736 g/mol. The van der Waals surface area contributed by atoms with E-state index in [2.05, 4.69) is 140 Å². The van der Waals surface area contributed by atoms with E-state index in [1.807, 2.05) is 60.7 Å². The summed E-state index contributed by atoms with van der Waals surface area (Å²) < 4.78 is 0. The molecule has 0 atom stereocenters. The predicted molar refractivity (Wildman–Crippen MR) is 243 cm³/mol. The summed E-state index contributed by atoms with van der Waals surface area (Å²) in [6, 6.07) is 71.9. The molecule has 0 N–H and O–H groups in total. The van der Waals surface area contributed by atoms with Crippen LogP contribution in [0.5, 0.6) is 0 Å². The highest BCUT2D eigenvalue weighted by molar-refractivity contribution is 6.37. The third-order valence-corrected chi connectivity index (χ3v) is 11.8. The van der Waals surface area contributed by atoms with Crippen LogP contribution in [-0.2, 0) is 0 Å². The normalized spacial score (nSPS) is 11.8. The first-order valence-corrected chi connectivity index (χ1v) is 19.8. The highest BCUT2D eigenvalue weighted by Crippen LogP contribution is 2.46. The van der Waals surface area contributed by atoms with Crippen LogP contribution in [0.25, 0.3) is 121 Å². The zero-order chi connectivity index (χ0) is 38.2. The van der Waals surface area contributed by atoms with Crippen LogP contribution in [0.3, 0.4) is 0 Å². The summed E-state index contributed by atoms with van der Waals surface area (Å²) in [6.07, 6.45) is 0. The lowest BCUT2D eigenvalue weighted by molar-refractivity contribution is 1.07. The van der Waals surface area contributed by atoms with Crippen LogP contribution in [0, 0.1) is 0 Å². The molecule has 0 aliphatic carbocycles. The van der Waals surface area contributed by atoms with Gasteiger partial charge in [-0.25, -0.2) is 15.0 Å². The number of fused-ring (bicyclic) bond motifs is 2. The van der Waals surface area contributed by atoms with Gasteiger partial charge in [-0.3, -0.25) is 0 Å². The minimum absolute atomic E-state index is 0.642. The molecule has 12 aromatic rings. The van der Waals surface area contributed by atoms with Gasteiger partial charge in [0.2, 0.25) is 0 Å². The fourth-order valence-electron chi connectivity index (χ4n) is 9.18. The fourth-order valence-corrected chi connectivity index (χ4v) is 9.18. The van der Waals surface area contributed by atoms with Crippen molar-refractivity contribution in [3.8, 4) is 56.4 Å². The monoisotopic (exact) mass is 735 g/mol. The molecule has 268 valence electrons. The molecule has 0 unspecified atom stereocenters. The summed E-state index contributed by atoms with van der Waals surface area (Å²) in [4.78, 5) is 14.9. The smallest absolute Gasteiger partial charge is 0.164 e. The Morgan fingerprint density at radius 2 is 0.603 bits per heavy atom. The van der Waals surface area contributed by atoms with E-state index < -0.39 is 0 Å². The summed E-state index contributed by atoms with van der Waals surface area (Å²) >= 11 is 0. The van der Waals surface area contributed by atoms with Gasteiger partial charge >= 0.3 is 0 Å². The lowest BCUT2D eigenvalue weighted by Crippen LogP contribution is -2.00. The summed E-state index contributed by atoms with van der Waals surface area (Å²) in [5, 5.41) is 15.4. The van der Waals surface area contributed by atoms with Crippen molar-refractivity contribution in [1.29, 1.82) is 0 Å². The van der Waals surface area contributed by atoms with Crippen molar-refractivity contribution in [1.82, 2.24) is 15.0 Å². The van der Waals surface area contributed by atoms with Crippen LogP contribution in [-0.4, -0.2) is 15.0 Å². The molecule has 0 amide bonds. The number of aromatic nitrogens is 3. The van der Waals surface area contributed by atoms with Crippen molar-refractivity contribution in [2.45, 2.75) is 0 Å². The molecule has 1 aromatic heterocycles. The van der Waals surface area contributed by atoms with Crippen molar-refractivity contribution in [2.75, 3.05) is 0 Å². The molecule has 0 spiro atoms. The maximum absolute atomic E-state index is 5.02. The maximum atomic E-state index is 5.02. The van der Waals surface area contributed by atoms with Gasteiger partial charge in [0.15, 0.2) is 17.5 Å². The lowest BCUT2D eigenvalue weighted by Gasteiger charge is -2.18. The fraction of sp³-hybridized carbons (Fsp3) is 0. The summed E-state index contributed by atoms with van der Waals surface area (Å²) in [7, 11) is 0. The molecule has 12 rings (SSSR count). The van der Waals surface area contributed by atoms with Crippen molar-refractivity contribution in [3.63, 3.8) is 0 Å². The highest BCUT2D eigenvalue weighted by atomic mass is 15.0. The molecule has 11 aromatic carbocycles. The maximum Gasteiger partial charge on any atom is 0.164 e. The van der Waals surface area contributed by atoms with Gasteiger partial charge in [-0.1, -0.05) is 182 Å². The third-order valence-electron chi connectivity index (χ3n) is 11.8. The van der Waals surface area contributed by atoms with Gasteiger partial charge in [0.25, 0.3) is 0 Å². The van der Waals surface area contributed by atoms with E-state index >= 15 is 0 Å². The van der Waals surface area contributed by atoms with Crippen LogP contribution >= 0.6 is 0 Å². The molecule has 0 saturated heterocycles. The Labute approximate surface area is 334 Å². The van der Waals surface area contributed by atoms with Crippen LogP contribution < -0.4 is 0 Å². The molecule has 58 heavy (non-hydrogen) atoms. The standard InChI is InChI=1S/C55H33N3/c1-3-13-36(14-4-1)53-56-54(37-15-5-2-6-16-37)58-55(57-53)42-23-8-20-39(32-42)38-19-7-21-40(31-38)48-33-41-22-11-26-44-43-24-9-17-34-29-30-35-18-10-25-45(50(35)49(34)43)46-27-12-28-47(48)52(46)51(41)44/h1-33H. The number of hydrogen-bond donors (Lipinski definition) is 0. The van der Waals surface area contributed by atoms with Crippen molar-refractivity contribution in [3.05, 3.63) is 200 Å². The number of rotatable bonds is 5. The Kier molecular flexibility index (Phi) is 7.23. The van der Waals surface area contributed by atoms with E-state index in [1.54, 1.807) is 0 Å². The predicted octanol–water partition coefficient (Wildman–Crippen LogP) is 14.6. The van der Waals surface area contributed by atoms with E-state index in [0.29, 0.717) is 17.5 Å². The second-order valence-corrected chi connectivity index (χ2v) is 15.1. The van der Waals surface area contributed by atoms with Crippen LogP contribution in [0.15, 0.2) is 200 Å². The molecule has 0 radical (unpaired) electrons. The first kappa shape index (κ1) is 32.5. The molecule has 0 aliphatic rings. The van der Waals surface area contributed by atoms with Gasteiger partial charge in [-0.15, -0.1) is 0 Å². The van der Waals surface area contributed by atoms with Crippen molar-refractivity contribution >= 4 is 64.6 Å². The number of nitrogens with zero attached hydrogens (tertiary/aromatic N) is 3. The van der Waals surface area contributed by atoms with Crippen LogP contribution in [0.2, 0.25) is 0 Å². The van der Waals surface area contributed by atoms with Crippen molar-refractivity contribution < 1.29 is 0 Å². The summed E-state index contributed by atoms with van der Waals surface area (Å²) in [5.41, 5.74) is 7.46. The first-order valence-electron chi connectivity index (χ1n) is 19.8.